The van der Waals surface area contributed by atoms with E-state index in [1.165, 1.54) is 26.3 Å². The summed E-state index contributed by atoms with van der Waals surface area (Å²) in [4.78, 5) is 49.9. The predicted molar refractivity (Wildman–Crippen MR) is 189 cm³/mol. The fraction of sp³-hybridized carbons (Fsp3) is 0.846. The zero-order valence-corrected chi connectivity index (χ0v) is 33.5. The molecule has 50 heavy (non-hydrogen) atoms. The van der Waals surface area contributed by atoms with E-state index in [-0.39, 0.29) is 51.6 Å². The molecule has 3 saturated carbocycles. The first-order valence-electron chi connectivity index (χ1n) is 18.8. The van der Waals surface area contributed by atoms with Crippen LogP contribution in [0.15, 0.2) is 11.6 Å². The Balaban J connectivity index is 1.54. The lowest BCUT2D eigenvalue weighted by molar-refractivity contribution is -0.320. The molecule has 282 valence electrons. The van der Waals surface area contributed by atoms with E-state index in [9.17, 15) is 19.2 Å². The summed E-state index contributed by atoms with van der Waals surface area (Å²) >= 11 is 0. The highest BCUT2D eigenvalue weighted by atomic mass is 28.4. The van der Waals surface area contributed by atoms with Crippen molar-refractivity contribution in [2.75, 3.05) is 0 Å². The van der Waals surface area contributed by atoms with Gasteiger partial charge in [0.15, 0.2) is 32.9 Å². The second kappa shape index (κ2) is 14.0. The number of ketones is 1. The van der Waals surface area contributed by atoms with Crippen LogP contribution in [0.4, 0.5) is 0 Å². The molecule has 0 bridgehead atoms. The number of fused-ring (bicyclic) bond motifs is 5. The van der Waals surface area contributed by atoms with Gasteiger partial charge in [0.1, 0.15) is 5.78 Å². The Kier molecular flexibility index (Phi) is 11.0. The molecule has 0 amide bonds. The summed E-state index contributed by atoms with van der Waals surface area (Å²) in [5, 5.41) is 0.0704. The van der Waals surface area contributed by atoms with Gasteiger partial charge in [-0.3, -0.25) is 19.2 Å². The van der Waals surface area contributed by atoms with Gasteiger partial charge in [-0.25, -0.2) is 0 Å². The summed E-state index contributed by atoms with van der Waals surface area (Å²) in [5.74, 6) is -0.785. The largest absolute Gasteiger partial charge is 0.456 e. The third-order valence-electron chi connectivity index (χ3n) is 13.7. The molecule has 4 fully saturated rings. The van der Waals surface area contributed by atoms with Gasteiger partial charge in [0.25, 0.3) is 0 Å². The van der Waals surface area contributed by atoms with Crippen molar-refractivity contribution in [1.82, 2.24) is 0 Å². The smallest absolute Gasteiger partial charge is 0.303 e. The highest BCUT2D eigenvalue weighted by molar-refractivity contribution is 6.74. The van der Waals surface area contributed by atoms with Crippen LogP contribution >= 0.6 is 0 Å². The molecule has 0 radical (unpaired) electrons. The van der Waals surface area contributed by atoms with E-state index in [4.69, 9.17) is 28.1 Å². The van der Waals surface area contributed by atoms with Crippen LogP contribution in [0.25, 0.3) is 0 Å². The molecule has 1 aliphatic heterocycles. The molecule has 0 unspecified atom stereocenters. The fourth-order valence-corrected chi connectivity index (χ4v) is 11.7. The average molecular weight is 719 g/mol. The lowest BCUT2D eigenvalue weighted by Gasteiger charge is -2.60. The van der Waals surface area contributed by atoms with Crippen LogP contribution in [0.5, 0.6) is 0 Å². The molecule has 0 aromatic rings. The van der Waals surface area contributed by atoms with E-state index in [2.05, 4.69) is 53.8 Å². The molecular formula is C39H62O10Si. The molecule has 5 rings (SSSR count). The van der Waals surface area contributed by atoms with E-state index in [0.717, 1.165) is 44.9 Å². The van der Waals surface area contributed by atoms with Gasteiger partial charge in [-0.2, -0.15) is 0 Å². The van der Waals surface area contributed by atoms with Crippen LogP contribution in [-0.2, 0) is 47.3 Å². The number of hydrogen-bond acceptors (Lipinski definition) is 10. The van der Waals surface area contributed by atoms with Crippen LogP contribution in [0, 0.1) is 34.5 Å². The maximum Gasteiger partial charge on any atom is 0.303 e. The molecule has 0 N–H and O–H groups in total. The van der Waals surface area contributed by atoms with Gasteiger partial charge >= 0.3 is 17.9 Å². The molecule has 11 heteroatoms. The molecule has 0 aromatic carbocycles. The van der Waals surface area contributed by atoms with Gasteiger partial charge in [0.05, 0.1) is 12.2 Å². The van der Waals surface area contributed by atoms with Crippen molar-refractivity contribution >= 4 is 32.0 Å². The standard InChI is InChI=1S/C39H62O10Si/c1-21(40)28-13-14-29-27-20-32(48-36-35(47-25(5)43)34(46-24(4)42)33(22(2)44-36)45-23(3)41)31-19-26(49-50(11,12)37(6,7)8)15-17-39(31,10)30(27)16-18-38(28,29)9/h16,22,26-29,31-36H,13-15,17-20H2,1-12H3/t22-,26+,27+,28-,29+,31-,32+,33-,34+,35-,36+,38-,39-/m1/s1. The summed E-state index contributed by atoms with van der Waals surface area (Å²) in [6, 6.07) is 0. The molecular weight excluding hydrogens is 657 g/mol. The predicted octanol–water partition coefficient (Wildman–Crippen LogP) is 7.08. The first kappa shape index (κ1) is 39.1. The molecule has 5 aliphatic rings. The van der Waals surface area contributed by atoms with Gasteiger partial charge in [0, 0.05) is 32.8 Å². The number of rotatable bonds is 8. The van der Waals surface area contributed by atoms with Crippen molar-refractivity contribution in [2.24, 2.45) is 34.5 Å². The van der Waals surface area contributed by atoms with Crippen LogP contribution in [0.2, 0.25) is 18.1 Å². The normalized spacial score (nSPS) is 41.5. The Morgan fingerprint density at radius 1 is 0.840 bits per heavy atom. The van der Waals surface area contributed by atoms with Crippen molar-refractivity contribution in [1.29, 1.82) is 0 Å². The maximum absolute atomic E-state index is 12.9. The average Bonchev–Trinajstić information content (AvgIpc) is 3.34. The Hall–Kier alpha value is -2.08. The summed E-state index contributed by atoms with van der Waals surface area (Å²) < 4.78 is 37.7. The van der Waals surface area contributed by atoms with Crippen molar-refractivity contribution < 1.29 is 47.3 Å². The van der Waals surface area contributed by atoms with Crippen LogP contribution < -0.4 is 0 Å². The molecule has 0 aromatic heterocycles. The second-order valence-electron chi connectivity index (χ2n) is 18.0. The monoisotopic (exact) mass is 718 g/mol. The van der Waals surface area contributed by atoms with Crippen LogP contribution in [0.1, 0.15) is 114 Å². The van der Waals surface area contributed by atoms with E-state index in [1.807, 2.05) is 0 Å². The minimum atomic E-state index is -2.06. The Bertz CT molecular complexity index is 1370. The molecule has 0 spiro atoms. The third kappa shape index (κ3) is 7.27. The Morgan fingerprint density at radius 2 is 1.44 bits per heavy atom. The van der Waals surface area contributed by atoms with E-state index in [1.54, 1.807) is 13.8 Å². The number of Topliss-reactive ketones (excluding diaryl/α,β-unsaturated/α-hetero) is 1. The van der Waals surface area contributed by atoms with Crippen molar-refractivity contribution in [3.8, 4) is 0 Å². The Labute approximate surface area is 300 Å². The van der Waals surface area contributed by atoms with E-state index in [0.29, 0.717) is 5.92 Å². The molecule has 13 atom stereocenters. The van der Waals surface area contributed by atoms with Crippen LogP contribution in [0.3, 0.4) is 0 Å². The molecule has 1 heterocycles. The molecule has 10 nitrogen and oxygen atoms in total. The van der Waals surface area contributed by atoms with Gasteiger partial charge in [-0.05, 0) is 106 Å². The van der Waals surface area contributed by atoms with Gasteiger partial charge in [-0.15, -0.1) is 0 Å². The van der Waals surface area contributed by atoms with Crippen molar-refractivity contribution in [3.05, 3.63) is 11.6 Å². The minimum absolute atomic E-state index is 0.0440. The third-order valence-corrected chi connectivity index (χ3v) is 18.2. The second-order valence-corrected chi connectivity index (χ2v) is 22.7. The highest BCUT2D eigenvalue weighted by Crippen LogP contribution is 2.66. The molecule has 1 saturated heterocycles. The molecule has 4 aliphatic carbocycles. The summed E-state index contributed by atoms with van der Waals surface area (Å²) in [5.41, 5.74) is 1.23. The van der Waals surface area contributed by atoms with Crippen LogP contribution in [-0.4, -0.2) is 74.9 Å². The van der Waals surface area contributed by atoms with E-state index >= 15 is 0 Å². The SMILES string of the molecule is CC(=O)O[C@@H]1[C@@H](OC(C)=O)[C@H](O[C@H]2C[C@@H]3C(=CC[C@]4(C)[C@@H](C(C)=O)CC[C@@H]34)[C@@]3(C)CC[C@H](O[Si](C)(C)C(C)(C)C)C[C@H]23)O[C@H](C)[C@H]1OC(C)=O. The first-order valence-corrected chi connectivity index (χ1v) is 21.7. The zero-order chi connectivity index (χ0) is 37.1. The zero-order valence-electron chi connectivity index (χ0n) is 32.5. The number of ether oxygens (including phenoxy) is 5. The fourth-order valence-electron chi connectivity index (χ4n) is 10.3. The quantitative estimate of drug-likeness (QED) is 0.111. The topological polar surface area (TPSA) is 124 Å². The lowest BCUT2D eigenvalue weighted by atomic mass is 9.48. The summed E-state index contributed by atoms with van der Waals surface area (Å²) in [6.45, 7) is 23.4. The number of carbonyl (C=O) groups excluding carboxylic acids is 4. The summed E-state index contributed by atoms with van der Waals surface area (Å²) in [7, 11) is -2.06. The van der Waals surface area contributed by atoms with Gasteiger partial charge < -0.3 is 28.1 Å². The lowest BCUT2D eigenvalue weighted by Crippen LogP contribution is -2.63. The Morgan fingerprint density at radius 3 is 2.02 bits per heavy atom. The summed E-state index contributed by atoms with van der Waals surface area (Å²) in [6.07, 6.45) is 3.47. The number of esters is 3. The highest BCUT2D eigenvalue weighted by Gasteiger charge is 2.62. The van der Waals surface area contributed by atoms with Crippen molar-refractivity contribution in [2.45, 2.75) is 175 Å². The number of carbonyl (C=O) groups is 4. The van der Waals surface area contributed by atoms with Gasteiger partial charge in [0.2, 0.25) is 0 Å². The van der Waals surface area contributed by atoms with E-state index < -0.39 is 56.9 Å². The first-order chi connectivity index (χ1) is 23.1. The number of hydrogen-bond donors (Lipinski definition) is 0. The van der Waals surface area contributed by atoms with Crippen molar-refractivity contribution in [3.63, 3.8) is 0 Å². The van der Waals surface area contributed by atoms with Gasteiger partial charge in [-0.1, -0.05) is 46.3 Å². The minimum Gasteiger partial charge on any atom is -0.456 e. The maximum atomic E-state index is 12.9. The number of allylic oxidation sites excluding steroid dienone is 2.